The summed E-state index contributed by atoms with van der Waals surface area (Å²) in [4.78, 5) is 11.4. The number of hydrogen-bond donors (Lipinski definition) is 1. The fourth-order valence-electron chi connectivity index (χ4n) is 1.71. The van der Waals surface area contributed by atoms with E-state index in [-0.39, 0.29) is 24.4 Å². The number of hydrogen-bond acceptors (Lipinski definition) is 3. The molecule has 7 heteroatoms. The quantitative estimate of drug-likeness (QED) is 0.937. The highest BCUT2D eigenvalue weighted by molar-refractivity contribution is 5.59. The van der Waals surface area contributed by atoms with Crippen LogP contribution in [0.15, 0.2) is 41.2 Å². The lowest BCUT2D eigenvalue weighted by atomic mass is 10.1. The Bertz CT molecular complexity index is 665. The van der Waals surface area contributed by atoms with Gasteiger partial charge >= 0.3 is 6.18 Å². The number of aromatic nitrogens is 2. The minimum absolute atomic E-state index is 0.00830. The van der Waals surface area contributed by atoms with Crippen molar-refractivity contribution in [2.24, 2.45) is 0 Å². The van der Waals surface area contributed by atoms with Crippen LogP contribution in [0, 0.1) is 0 Å². The Morgan fingerprint density at radius 2 is 1.95 bits per heavy atom. The molecule has 0 atom stereocenters. The Hall–Kier alpha value is -2.15. The summed E-state index contributed by atoms with van der Waals surface area (Å²) in [6.07, 6.45) is -4.43. The number of halogens is 3. The first-order valence-corrected chi connectivity index (χ1v) is 5.78. The zero-order chi connectivity index (χ0) is 14.8. The van der Waals surface area contributed by atoms with Gasteiger partial charge in [-0.15, -0.1) is 0 Å². The third-order valence-electron chi connectivity index (χ3n) is 2.66. The maximum Gasteiger partial charge on any atom is 0.416 e. The maximum absolute atomic E-state index is 12.6. The fourth-order valence-corrected chi connectivity index (χ4v) is 1.71. The Morgan fingerprint density at radius 1 is 1.20 bits per heavy atom. The highest BCUT2D eigenvalue weighted by Gasteiger charge is 2.30. The molecule has 106 valence electrons. The number of rotatable bonds is 3. The van der Waals surface area contributed by atoms with E-state index < -0.39 is 17.3 Å². The van der Waals surface area contributed by atoms with Gasteiger partial charge in [0.25, 0.3) is 5.56 Å². The van der Waals surface area contributed by atoms with E-state index in [1.165, 1.54) is 24.3 Å². The molecule has 0 saturated carbocycles. The number of aliphatic hydroxyl groups is 1. The molecular formula is C13H11F3N2O2. The first-order valence-electron chi connectivity index (χ1n) is 5.78. The van der Waals surface area contributed by atoms with Gasteiger partial charge in [0, 0.05) is 11.6 Å². The second-order valence-corrected chi connectivity index (χ2v) is 4.08. The number of benzene rings is 1. The van der Waals surface area contributed by atoms with Crippen molar-refractivity contribution in [3.05, 3.63) is 52.3 Å². The van der Waals surface area contributed by atoms with Gasteiger partial charge in [-0.05, 0) is 18.2 Å². The average molecular weight is 284 g/mol. The zero-order valence-electron chi connectivity index (χ0n) is 10.3. The molecule has 1 aromatic heterocycles. The second kappa shape index (κ2) is 5.46. The molecule has 0 aliphatic carbocycles. The van der Waals surface area contributed by atoms with E-state index in [2.05, 4.69) is 5.10 Å². The van der Waals surface area contributed by atoms with E-state index in [1.54, 1.807) is 0 Å². The minimum Gasteiger partial charge on any atom is -0.394 e. The van der Waals surface area contributed by atoms with Crippen molar-refractivity contribution < 1.29 is 18.3 Å². The van der Waals surface area contributed by atoms with Crippen molar-refractivity contribution in [1.29, 1.82) is 0 Å². The Kier molecular flexibility index (Phi) is 3.89. The van der Waals surface area contributed by atoms with Crippen LogP contribution in [-0.2, 0) is 12.7 Å². The third kappa shape index (κ3) is 3.05. The third-order valence-corrected chi connectivity index (χ3v) is 2.66. The summed E-state index contributed by atoms with van der Waals surface area (Å²) in [6, 6.07) is 7.25. The van der Waals surface area contributed by atoms with Crippen molar-refractivity contribution in [3.63, 3.8) is 0 Å². The van der Waals surface area contributed by atoms with E-state index in [9.17, 15) is 18.0 Å². The normalized spacial score (nSPS) is 11.6. The van der Waals surface area contributed by atoms with Crippen LogP contribution in [-0.4, -0.2) is 21.5 Å². The SMILES string of the molecule is O=c1ccc(-c2cccc(C(F)(F)F)c2)nn1CCO. The van der Waals surface area contributed by atoms with E-state index >= 15 is 0 Å². The van der Waals surface area contributed by atoms with Gasteiger partial charge in [0.15, 0.2) is 0 Å². The zero-order valence-corrected chi connectivity index (χ0v) is 10.3. The van der Waals surface area contributed by atoms with E-state index in [0.717, 1.165) is 16.8 Å². The van der Waals surface area contributed by atoms with Gasteiger partial charge in [0.1, 0.15) is 0 Å². The number of alkyl halides is 3. The summed E-state index contributed by atoms with van der Waals surface area (Å²) in [5.74, 6) is 0. The standard InChI is InChI=1S/C13H11F3N2O2/c14-13(15,16)10-3-1-2-9(8-10)11-4-5-12(20)18(17-11)6-7-19/h1-5,8,19H,6-7H2. The van der Waals surface area contributed by atoms with Gasteiger partial charge in [-0.1, -0.05) is 12.1 Å². The van der Waals surface area contributed by atoms with Crippen molar-refractivity contribution >= 4 is 0 Å². The predicted molar refractivity (Wildman–Crippen MR) is 66.0 cm³/mol. The van der Waals surface area contributed by atoms with Gasteiger partial charge in [-0.3, -0.25) is 4.79 Å². The number of aliphatic hydroxyl groups excluding tert-OH is 1. The fraction of sp³-hybridized carbons (Fsp3) is 0.231. The molecule has 2 aromatic rings. The van der Waals surface area contributed by atoms with Gasteiger partial charge in [0.05, 0.1) is 24.4 Å². The summed E-state index contributed by atoms with van der Waals surface area (Å²) in [7, 11) is 0. The van der Waals surface area contributed by atoms with E-state index in [0.29, 0.717) is 0 Å². The molecule has 0 radical (unpaired) electrons. The van der Waals surface area contributed by atoms with E-state index in [4.69, 9.17) is 5.11 Å². The maximum atomic E-state index is 12.6. The average Bonchev–Trinajstić information content (AvgIpc) is 2.41. The van der Waals surface area contributed by atoms with Crippen molar-refractivity contribution in [2.75, 3.05) is 6.61 Å². The minimum atomic E-state index is -4.43. The van der Waals surface area contributed by atoms with Crippen LogP contribution in [0.4, 0.5) is 13.2 Å². The predicted octanol–water partition coefficient (Wildman–Crippen LogP) is 1.92. The molecule has 4 nitrogen and oxygen atoms in total. The largest absolute Gasteiger partial charge is 0.416 e. The van der Waals surface area contributed by atoms with Crippen molar-refractivity contribution in [2.45, 2.75) is 12.7 Å². The van der Waals surface area contributed by atoms with Crippen LogP contribution in [0.2, 0.25) is 0 Å². The highest BCUT2D eigenvalue weighted by Crippen LogP contribution is 2.31. The molecule has 0 bridgehead atoms. The van der Waals surface area contributed by atoms with Crippen LogP contribution >= 0.6 is 0 Å². The van der Waals surface area contributed by atoms with Crippen molar-refractivity contribution in [3.8, 4) is 11.3 Å². The molecule has 1 N–H and O–H groups in total. The summed E-state index contributed by atoms with van der Waals surface area (Å²) in [5.41, 5.74) is -0.706. The Labute approximate surface area is 112 Å². The van der Waals surface area contributed by atoms with Crippen molar-refractivity contribution in [1.82, 2.24) is 9.78 Å². The molecule has 0 aliphatic rings. The topological polar surface area (TPSA) is 55.1 Å². The van der Waals surface area contributed by atoms with Crippen LogP contribution in [0.5, 0.6) is 0 Å². The lowest BCUT2D eigenvalue weighted by Crippen LogP contribution is -2.23. The summed E-state index contributed by atoms with van der Waals surface area (Å²) >= 11 is 0. The van der Waals surface area contributed by atoms with Gasteiger partial charge < -0.3 is 5.11 Å². The molecule has 1 aromatic carbocycles. The molecular weight excluding hydrogens is 273 g/mol. The molecule has 1 heterocycles. The lowest BCUT2D eigenvalue weighted by Gasteiger charge is -2.09. The monoisotopic (exact) mass is 284 g/mol. The van der Waals surface area contributed by atoms with Gasteiger partial charge in [-0.25, -0.2) is 4.68 Å². The lowest BCUT2D eigenvalue weighted by molar-refractivity contribution is -0.137. The van der Waals surface area contributed by atoms with Crippen LogP contribution in [0.25, 0.3) is 11.3 Å². The van der Waals surface area contributed by atoms with Gasteiger partial charge in [0.2, 0.25) is 0 Å². The first kappa shape index (κ1) is 14.3. The second-order valence-electron chi connectivity index (χ2n) is 4.08. The molecule has 0 unspecified atom stereocenters. The van der Waals surface area contributed by atoms with Crippen LogP contribution in [0.1, 0.15) is 5.56 Å². The Morgan fingerprint density at radius 3 is 2.60 bits per heavy atom. The molecule has 0 fully saturated rings. The number of nitrogens with zero attached hydrogens (tertiary/aromatic N) is 2. The summed E-state index contributed by atoms with van der Waals surface area (Å²) in [5, 5.41) is 12.7. The van der Waals surface area contributed by atoms with Gasteiger partial charge in [-0.2, -0.15) is 18.3 Å². The van der Waals surface area contributed by atoms with E-state index in [1.807, 2.05) is 0 Å². The van der Waals surface area contributed by atoms with Crippen LogP contribution in [0.3, 0.4) is 0 Å². The molecule has 0 amide bonds. The van der Waals surface area contributed by atoms with Crippen LogP contribution < -0.4 is 5.56 Å². The molecule has 2 rings (SSSR count). The highest BCUT2D eigenvalue weighted by atomic mass is 19.4. The summed E-state index contributed by atoms with van der Waals surface area (Å²) < 4.78 is 38.9. The Balaban J connectivity index is 2.46. The first-order chi connectivity index (χ1) is 9.41. The molecule has 20 heavy (non-hydrogen) atoms. The molecule has 0 aliphatic heterocycles. The summed E-state index contributed by atoms with van der Waals surface area (Å²) in [6.45, 7) is -0.287. The molecule has 0 spiro atoms. The smallest absolute Gasteiger partial charge is 0.394 e. The molecule has 0 saturated heterocycles.